The van der Waals surface area contributed by atoms with Gasteiger partial charge in [-0.15, -0.1) is 17.9 Å². The van der Waals surface area contributed by atoms with Crippen LogP contribution in [0.2, 0.25) is 0 Å². The molecule has 0 saturated carbocycles. The minimum atomic E-state index is -0.334. The molecule has 0 bridgehead atoms. The molecule has 38 heavy (non-hydrogen) atoms. The van der Waals surface area contributed by atoms with Gasteiger partial charge < -0.3 is 24.6 Å². The van der Waals surface area contributed by atoms with Crippen molar-refractivity contribution in [1.82, 2.24) is 9.80 Å². The number of aryl methyl sites for hydroxylation is 2. The number of urea groups is 1. The van der Waals surface area contributed by atoms with Crippen LogP contribution >= 0.6 is 11.3 Å². The zero-order valence-electron chi connectivity index (χ0n) is 22.9. The Hall–Kier alpha value is -3.78. The second kappa shape index (κ2) is 13.7. The van der Waals surface area contributed by atoms with Crippen LogP contribution in [0.1, 0.15) is 27.1 Å². The molecule has 3 amide bonds. The topological polar surface area (TPSA) is 71.1 Å². The summed E-state index contributed by atoms with van der Waals surface area (Å²) in [5.74, 6) is 1.18. The third-order valence-electron chi connectivity index (χ3n) is 6.58. The van der Waals surface area contributed by atoms with Gasteiger partial charge in [-0.25, -0.2) is 4.79 Å². The number of carbonyl (C=O) groups excluding carboxylic acids is 2. The molecule has 3 rings (SSSR count). The van der Waals surface area contributed by atoms with Gasteiger partial charge in [-0.3, -0.25) is 4.79 Å². The predicted molar refractivity (Wildman–Crippen MR) is 154 cm³/mol. The molecule has 8 heteroatoms. The standard InChI is InChI=1S/C30H37N3O4S/c1-7-15-33(30(35)31-25-10-8-9-21(2)23(25)4)20-29(34)32(19-28-22(3)14-17-38-28)16-13-24-11-12-26(36-5)27(18-24)37-6/h7-12,14,17-18H,1,13,15-16,19-20H2,2-6H3,(H,31,35). The average Bonchev–Trinajstić information content (AvgIpc) is 3.32. The first-order valence-electron chi connectivity index (χ1n) is 12.5. The second-order valence-electron chi connectivity index (χ2n) is 9.13. The molecule has 1 aromatic heterocycles. The van der Waals surface area contributed by atoms with E-state index in [9.17, 15) is 9.59 Å². The van der Waals surface area contributed by atoms with Gasteiger partial charge in [-0.05, 0) is 79.1 Å². The van der Waals surface area contributed by atoms with Gasteiger partial charge in [-0.1, -0.05) is 24.3 Å². The molecule has 2 aromatic carbocycles. The van der Waals surface area contributed by atoms with E-state index in [-0.39, 0.29) is 25.0 Å². The van der Waals surface area contributed by atoms with E-state index in [1.807, 2.05) is 67.4 Å². The monoisotopic (exact) mass is 535 g/mol. The number of nitrogens with zero attached hydrogens (tertiary/aromatic N) is 2. The molecule has 1 heterocycles. The molecule has 3 aromatic rings. The summed E-state index contributed by atoms with van der Waals surface area (Å²) < 4.78 is 10.8. The van der Waals surface area contributed by atoms with Gasteiger partial charge in [0.1, 0.15) is 6.54 Å². The predicted octanol–water partition coefficient (Wildman–Crippen LogP) is 5.98. The number of anilines is 1. The third kappa shape index (κ3) is 7.38. The lowest BCUT2D eigenvalue weighted by atomic mass is 10.1. The molecule has 0 saturated heterocycles. The van der Waals surface area contributed by atoms with Crippen molar-refractivity contribution in [2.45, 2.75) is 33.7 Å². The van der Waals surface area contributed by atoms with Crippen molar-refractivity contribution in [2.24, 2.45) is 0 Å². The van der Waals surface area contributed by atoms with Gasteiger partial charge in [-0.2, -0.15) is 0 Å². The number of hydrogen-bond donors (Lipinski definition) is 1. The summed E-state index contributed by atoms with van der Waals surface area (Å²) in [6, 6.07) is 13.3. The van der Waals surface area contributed by atoms with Crippen molar-refractivity contribution < 1.29 is 19.1 Å². The minimum Gasteiger partial charge on any atom is -0.493 e. The molecule has 0 fully saturated rings. The molecule has 0 spiro atoms. The van der Waals surface area contributed by atoms with E-state index in [0.29, 0.717) is 31.0 Å². The van der Waals surface area contributed by atoms with E-state index >= 15 is 0 Å². The van der Waals surface area contributed by atoms with Crippen LogP contribution in [0.5, 0.6) is 11.5 Å². The summed E-state index contributed by atoms with van der Waals surface area (Å²) in [6.45, 7) is 11.0. The summed E-state index contributed by atoms with van der Waals surface area (Å²) in [4.78, 5) is 31.2. The highest BCUT2D eigenvalue weighted by molar-refractivity contribution is 7.10. The molecule has 0 atom stereocenters. The summed E-state index contributed by atoms with van der Waals surface area (Å²) in [5, 5.41) is 4.99. The van der Waals surface area contributed by atoms with Crippen LogP contribution in [0.3, 0.4) is 0 Å². The Morgan fingerprint density at radius 3 is 2.42 bits per heavy atom. The second-order valence-corrected chi connectivity index (χ2v) is 10.1. The quantitative estimate of drug-likeness (QED) is 0.290. The smallest absolute Gasteiger partial charge is 0.322 e. The van der Waals surface area contributed by atoms with E-state index in [2.05, 4.69) is 18.0 Å². The molecule has 7 nitrogen and oxygen atoms in total. The fraction of sp³-hybridized carbons (Fsp3) is 0.333. The molecule has 1 N–H and O–H groups in total. The number of benzene rings is 2. The Labute approximate surface area is 229 Å². The first-order chi connectivity index (χ1) is 18.3. The van der Waals surface area contributed by atoms with Gasteiger partial charge in [0.05, 0.1) is 20.8 Å². The molecule has 202 valence electrons. The van der Waals surface area contributed by atoms with Gasteiger partial charge in [0.25, 0.3) is 0 Å². The maximum atomic E-state index is 13.6. The normalized spacial score (nSPS) is 10.6. The Morgan fingerprint density at radius 1 is 1.00 bits per heavy atom. The van der Waals surface area contributed by atoms with Crippen molar-refractivity contribution >= 4 is 29.0 Å². The first kappa shape index (κ1) is 28.8. The maximum absolute atomic E-state index is 13.6. The number of amides is 3. The summed E-state index contributed by atoms with van der Waals surface area (Å²) in [6.07, 6.45) is 2.26. The first-order valence-corrected chi connectivity index (χ1v) is 13.4. The summed E-state index contributed by atoms with van der Waals surface area (Å²) in [5.41, 5.74) is 4.99. The molecule has 0 unspecified atom stereocenters. The number of nitrogens with one attached hydrogen (secondary N) is 1. The van der Waals surface area contributed by atoms with Crippen LogP contribution in [0, 0.1) is 20.8 Å². The number of rotatable bonds is 12. The van der Waals surface area contributed by atoms with Crippen LogP contribution in [0.4, 0.5) is 10.5 Å². The lowest BCUT2D eigenvalue weighted by Crippen LogP contribution is -2.45. The zero-order valence-corrected chi connectivity index (χ0v) is 23.7. The Kier molecular flexibility index (Phi) is 10.4. The van der Waals surface area contributed by atoms with E-state index in [1.54, 1.807) is 31.6 Å². The fourth-order valence-electron chi connectivity index (χ4n) is 4.05. The summed E-state index contributed by atoms with van der Waals surface area (Å²) >= 11 is 1.63. The van der Waals surface area contributed by atoms with E-state index in [0.717, 1.165) is 32.8 Å². The van der Waals surface area contributed by atoms with Crippen molar-refractivity contribution in [3.63, 3.8) is 0 Å². The highest BCUT2D eigenvalue weighted by atomic mass is 32.1. The van der Waals surface area contributed by atoms with E-state index < -0.39 is 0 Å². The highest BCUT2D eigenvalue weighted by Gasteiger charge is 2.22. The Bertz CT molecular complexity index is 1270. The van der Waals surface area contributed by atoms with Crippen LogP contribution in [-0.4, -0.2) is 55.6 Å². The summed E-state index contributed by atoms with van der Waals surface area (Å²) in [7, 11) is 3.21. The molecule has 0 aliphatic rings. The van der Waals surface area contributed by atoms with Gasteiger partial charge in [0, 0.05) is 23.7 Å². The van der Waals surface area contributed by atoms with Crippen LogP contribution in [0.25, 0.3) is 0 Å². The number of methoxy groups -OCH3 is 2. The number of carbonyl (C=O) groups is 2. The third-order valence-corrected chi connectivity index (χ3v) is 7.59. The number of ether oxygens (including phenoxy) is 2. The maximum Gasteiger partial charge on any atom is 0.322 e. The molecular weight excluding hydrogens is 498 g/mol. The Balaban J connectivity index is 1.77. The fourth-order valence-corrected chi connectivity index (χ4v) is 4.97. The average molecular weight is 536 g/mol. The zero-order chi connectivity index (χ0) is 27.7. The van der Waals surface area contributed by atoms with E-state index in [4.69, 9.17) is 9.47 Å². The van der Waals surface area contributed by atoms with Crippen molar-refractivity contribution in [3.8, 4) is 11.5 Å². The SMILES string of the molecule is C=CCN(CC(=O)N(CCc1ccc(OC)c(OC)c1)Cc1sccc1C)C(=O)Nc1cccc(C)c1C. The van der Waals surface area contributed by atoms with Crippen molar-refractivity contribution in [1.29, 1.82) is 0 Å². The molecular formula is C30H37N3O4S. The Morgan fingerprint density at radius 2 is 1.76 bits per heavy atom. The minimum absolute atomic E-state index is 0.0565. The van der Waals surface area contributed by atoms with Gasteiger partial charge in [0.15, 0.2) is 11.5 Å². The van der Waals surface area contributed by atoms with Crippen molar-refractivity contribution in [3.05, 3.63) is 87.6 Å². The van der Waals surface area contributed by atoms with Crippen molar-refractivity contribution in [2.75, 3.05) is 39.2 Å². The molecule has 0 aliphatic carbocycles. The lowest BCUT2D eigenvalue weighted by molar-refractivity contribution is -0.132. The van der Waals surface area contributed by atoms with Crippen LogP contribution in [0.15, 0.2) is 60.5 Å². The number of thiophene rings is 1. The number of hydrogen-bond acceptors (Lipinski definition) is 5. The lowest BCUT2D eigenvalue weighted by Gasteiger charge is -2.27. The van der Waals surface area contributed by atoms with Crippen LogP contribution in [-0.2, 0) is 17.8 Å². The van der Waals surface area contributed by atoms with E-state index in [1.165, 1.54) is 4.90 Å². The van der Waals surface area contributed by atoms with Gasteiger partial charge >= 0.3 is 6.03 Å². The van der Waals surface area contributed by atoms with Crippen LogP contribution < -0.4 is 14.8 Å². The largest absolute Gasteiger partial charge is 0.493 e. The van der Waals surface area contributed by atoms with Gasteiger partial charge in [0.2, 0.25) is 5.91 Å². The molecule has 0 radical (unpaired) electrons. The molecule has 0 aliphatic heterocycles. The highest BCUT2D eigenvalue weighted by Crippen LogP contribution is 2.28.